The van der Waals surface area contributed by atoms with Crippen molar-refractivity contribution in [2.45, 2.75) is 19.4 Å². The number of halogens is 1. The van der Waals surface area contributed by atoms with E-state index in [1.165, 1.54) is 18.3 Å². The SMILES string of the molecule is COc1ccccc1CNC(=O)[C@@H]1CCCN(C(=O)c2cnn(-c3ccc(F)cc3)c2-n2cccc2)C1. The zero-order chi connectivity index (χ0) is 25.8. The van der Waals surface area contributed by atoms with Crippen LogP contribution in [0, 0.1) is 11.7 Å². The highest BCUT2D eigenvalue weighted by atomic mass is 19.1. The highest BCUT2D eigenvalue weighted by molar-refractivity contribution is 5.97. The summed E-state index contributed by atoms with van der Waals surface area (Å²) in [6.45, 7) is 1.24. The molecule has 9 heteroatoms. The Balaban J connectivity index is 1.34. The minimum Gasteiger partial charge on any atom is -0.496 e. The van der Waals surface area contributed by atoms with E-state index in [0.717, 1.165) is 17.7 Å². The summed E-state index contributed by atoms with van der Waals surface area (Å²) in [5.74, 6) is 0.339. The van der Waals surface area contributed by atoms with Crippen molar-refractivity contribution in [2.75, 3.05) is 20.2 Å². The molecule has 190 valence electrons. The molecular weight excluding hydrogens is 473 g/mol. The van der Waals surface area contributed by atoms with E-state index in [1.54, 1.807) is 28.8 Å². The molecular formula is C28H28FN5O3. The number of nitrogens with one attached hydrogen (secondary N) is 1. The number of piperidine rings is 1. The van der Waals surface area contributed by atoms with Gasteiger partial charge in [0.05, 0.1) is 24.9 Å². The summed E-state index contributed by atoms with van der Waals surface area (Å²) in [6.07, 6.45) is 6.63. The van der Waals surface area contributed by atoms with Gasteiger partial charge in [0.25, 0.3) is 5.91 Å². The minimum absolute atomic E-state index is 0.0870. The van der Waals surface area contributed by atoms with Crippen molar-refractivity contribution >= 4 is 11.8 Å². The van der Waals surface area contributed by atoms with E-state index < -0.39 is 0 Å². The number of aromatic nitrogens is 3. The van der Waals surface area contributed by atoms with Crippen molar-refractivity contribution in [1.29, 1.82) is 0 Å². The number of ether oxygens (including phenoxy) is 1. The summed E-state index contributed by atoms with van der Waals surface area (Å²) in [4.78, 5) is 28.4. The molecule has 0 saturated carbocycles. The molecule has 0 aliphatic carbocycles. The summed E-state index contributed by atoms with van der Waals surface area (Å²) in [5.41, 5.74) is 1.94. The lowest BCUT2D eigenvalue weighted by molar-refractivity contribution is -0.126. The van der Waals surface area contributed by atoms with Crippen LogP contribution in [-0.2, 0) is 11.3 Å². The van der Waals surface area contributed by atoms with Gasteiger partial charge >= 0.3 is 0 Å². The molecule has 2 aromatic heterocycles. The first kappa shape index (κ1) is 24.3. The monoisotopic (exact) mass is 501 g/mol. The molecule has 2 aromatic carbocycles. The van der Waals surface area contributed by atoms with Gasteiger partial charge in [-0.2, -0.15) is 5.10 Å². The summed E-state index contributed by atoms with van der Waals surface area (Å²) >= 11 is 0. The Kier molecular flexibility index (Phi) is 7.02. The highest BCUT2D eigenvalue weighted by Gasteiger charge is 2.31. The number of nitrogens with zero attached hydrogens (tertiary/aromatic N) is 4. The van der Waals surface area contributed by atoms with Crippen LogP contribution in [0.4, 0.5) is 4.39 Å². The van der Waals surface area contributed by atoms with Crippen LogP contribution in [0.15, 0.2) is 79.3 Å². The number of hydrogen-bond acceptors (Lipinski definition) is 4. The molecule has 0 radical (unpaired) electrons. The first-order chi connectivity index (χ1) is 18.0. The van der Waals surface area contributed by atoms with Crippen molar-refractivity contribution in [3.05, 3.63) is 96.2 Å². The van der Waals surface area contributed by atoms with E-state index in [9.17, 15) is 14.0 Å². The maximum absolute atomic E-state index is 13.7. The number of likely N-dealkylation sites (tertiary alicyclic amines) is 1. The molecule has 1 saturated heterocycles. The predicted octanol–water partition coefficient (Wildman–Crippen LogP) is 3.98. The van der Waals surface area contributed by atoms with E-state index in [4.69, 9.17) is 4.74 Å². The van der Waals surface area contributed by atoms with E-state index in [1.807, 2.05) is 53.4 Å². The summed E-state index contributed by atoms with van der Waals surface area (Å²) in [5, 5.41) is 7.45. The van der Waals surface area contributed by atoms with Crippen LogP contribution < -0.4 is 10.1 Å². The van der Waals surface area contributed by atoms with Gasteiger partial charge in [-0.1, -0.05) is 18.2 Å². The number of carbonyl (C=O) groups excluding carboxylic acids is 2. The Morgan fingerprint density at radius 1 is 1.08 bits per heavy atom. The molecule has 1 aliphatic rings. The number of para-hydroxylation sites is 1. The zero-order valence-electron chi connectivity index (χ0n) is 20.5. The number of amides is 2. The second-order valence-electron chi connectivity index (χ2n) is 8.98. The van der Waals surface area contributed by atoms with Gasteiger partial charge in [0.1, 0.15) is 17.1 Å². The van der Waals surface area contributed by atoms with Gasteiger partial charge in [-0.3, -0.25) is 9.59 Å². The number of methoxy groups -OCH3 is 1. The van der Waals surface area contributed by atoms with Crippen LogP contribution in [0.5, 0.6) is 5.75 Å². The quantitative estimate of drug-likeness (QED) is 0.415. The standard InChI is InChI=1S/C28H28FN5O3/c1-37-25-9-3-2-7-20(25)17-30-26(35)21-8-6-16-33(19-21)28(36)24-18-31-34(23-12-10-22(29)11-13-23)27(24)32-14-4-5-15-32/h2-5,7,9-15,18,21H,6,8,16-17,19H2,1H3,(H,30,35)/t21-/m1/s1. The Morgan fingerprint density at radius 3 is 2.59 bits per heavy atom. The molecule has 0 unspecified atom stereocenters. The van der Waals surface area contributed by atoms with Gasteiger partial charge in [-0.15, -0.1) is 0 Å². The lowest BCUT2D eigenvalue weighted by atomic mass is 9.96. The van der Waals surface area contributed by atoms with E-state index >= 15 is 0 Å². The summed E-state index contributed by atoms with van der Waals surface area (Å²) in [6, 6.07) is 17.2. The first-order valence-electron chi connectivity index (χ1n) is 12.2. The molecule has 1 aliphatic heterocycles. The van der Waals surface area contributed by atoms with Crippen molar-refractivity contribution in [3.8, 4) is 17.3 Å². The summed E-state index contributed by atoms with van der Waals surface area (Å²) < 4.78 is 22.3. The van der Waals surface area contributed by atoms with Gasteiger partial charge in [0.15, 0.2) is 5.82 Å². The molecule has 0 spiro atoms. The van der Waals surface area contributed by atoms with E-state index in [2.05, 4.69) is 10.4 Å². The number of benzene rings is 2. The van der Waals surface area contributed by atoms with Crippen molar-refractivity contribution in [3.63, 3.8) is 0 Å². The topological polar surface area (TPSA) is 81.4 Å². The normalized spacial score (nSPS) is 15.4. The third-order valence-corrected chi connectivity index (χ3v) is 6.62. The largest absolute Gasteiger partial charge is 0.496 e. The fourth-order valence-electron chi connectivity index (χ4n) is 4.71. The predicted molar refractivity (Wildman–Crippen MR) is 136 cm³/mol. The van der Waals surface area contributed by atoms with Crippen LogP contribution in [-0.4, -0.2) is 51.3 Å². The van der Waals surface area contributed by atoms with Crippen molar-refractivity contribution in [1.82, 2.24) is 24.6 Å². The smallest absolute Gasteiger partial charge is 0.259 e. The van der Waals surface area contributed by atoms with Gasteiger partial charge in [0.2, 0.25) is 5.91 Å². The van der Waals surface area contributed by atoms with Crippen LogP contribution in [0.2, 0.25) is 0 Å². The number of carbonyl (C=O) groups is 2. The second-order valence-corrected chi connectivity index (χ2v) is 8.98. The third kappa shape index (κ3) is 5.11. The van der Waals surface area contributed by atoms with Crippen molar-refractivity contribution < 1.29 is 18.7 Å². The number of rotatable bonds is 7. The molecule has 37 heavy (non-hydrogen) atoms. The fourth-order valence-corrected chi connectivity index (χ4v) is 4.71. The molecule has 1 fully saturated rings. The Hall–Kier alpha value is -4.40. The summed E-state index contributed by atoms with van der Waals surface area (Å²) in [7, 11) is 1.60. The van der Waals surface area contributed by atoms with Crippen LogP contribution in [0.1, 0.15) is 28.8 Å². The van der Waals surface area contributed by atoms with Gasteiger partial charge in [-0.25, -0.2) is 9.07 Å². The second kappa shape index (κ2) is 10.7. The Labute approximate surface area is 214 Å². The Morgan fingerprint density at radius 2 is 1.84 bits per heavy atom. The Bertz CT molecular complexity index is 1380. The third-order valence-electron chi connectivity index (χ3n) is 6.62. The molecule has 3 heterocycles. The molecule has 5 rings (SSSR count). The van der Waals surface area contributed by atoms with Crippen molar-refractivity contribution in [2.24, 2.45) is 5.92 Å². The molecule has 0 bridgehead atoms. The lowest BCUT2D eigenvalue weighted by Gasteiger charge is -2.32. The molecule has 2 amide bonds. The minimum atomic E-state index is -0.349. The average molecular weight is 502 g/mol. The van der Waals surface area contributed by atoms with E-state index in [-0.39, 0.29) is 23.5 Å². The van der Waals surface area contributed by atoms with Gasteiger partial charge in [0, 0.05) is 37.6 Å². The molecule has 4 aromatic rings. The highest BCUT2D eigenvalue weighted by Crippen LogP contribution is 2.25. The lowest BCUT2D eigenvalue weighted by Crippen LogP contribution is -2.45. The molecule has 1 atom stereocenters. The van der Waals surface area contributed by atoms with Gasteiger partial charge < -0.3 is 19.5 Å². The maximum Gasteiger partial charge on any atom is 0.259 e. The zero-order valence-corrected chi connectivity index (χ0v) is 20.5. The van der Waals surface area contributed by atoms with E-state index in [0.29, 0.717) is 43.1 Å². The van der Waals surface area contributed by atoms with Crippen LogP contribution in [0.25, 0.3) is 11.5 Å². The van der Waals surface area contributed by atoms with Crippen LogP contribution >= 0.6 is 0 Å². The average Bonchev–Trinajstić information content (AvgIpc) is 3.62. The fraction of sp³-hybridized carbons (Fsp3) is 0.250. The molecule has 8 nitrogen and oxygen atoms in total. The molecule has 1 N–H and O–H groups in total. The number of hydrogen-bond donors (Lipinski definition) is 1. The first-order valence-corrected chi connectivity index (χ1v) is 12.2. The maximum atomic E-state index is 13.7. The van der Waals surface area contributed by atoms with Gasteiger partial charge in [-0.05, 0) is 55.3 Å². The van der Waals surface area contributed by atoms with Crippen LogP contribution in [0.3, 0.4) is 0 Å².